The lowest BCUT2D eigenvalue weighted by molar-refractivity contribution is 0.104. The fourth-order valence-corrected chi connectivity index (χ4v) is 4.83. The first-order valence-corrected chi connectivity index (χ1v) is 12.8. The fraction of sp³-hybridized carbons (Fsp3) is 0.500. The van der Waals surface area contributed by atoms with Crippen LogP contribution in [0.25, 0.3) is 22.2 Å². The normalized spacial score (nSPS) is 18.1. The van der Waals surface area contributed by atoms with E-state index in [4.69, 9.17) is 9.72 Å². The molecule has 2 aromatic heterocycles. The number of allylic oxidation sites excluding steroid dienone is 1. The summed E-state index contributed by atoms with van der Waals surface area (Å²) in [6.45, 7) is 9.50. The van der Waals surface area contributed by atoms with Crippen LogP contribution in [0.3, 0.4) is 0 Å². The number of aromatic nitrogens is 3. The Morgan fingerprint density at radius 3 is 2.69 bits per heavy atom. The Bertz CT molecular complexity index is 1100. The SMILES string of the molecule is C=C(CCC)Nc1ncc2c(-c3ccc(CNCCOC)cc3)cn(CC3CCC(O)CC3)c2n1. The molecule has 0 atom stereocenters. The smallest absolute Gasteiger partial charge is 0.228 e. The Kier molecular flexibility index (Phi) is 8.90. The van der Waals surface area contributed by atoms with E-state index in [-0.39, 0.29) is 6.10 Å². The molecule has 4 rings (SSSR count). The number of aliphatic hydroxyl groups is 1. The molecule has 7 nitrogen and oxygen atoms in total. The van der Waals surface area contributed by atoms with Crippen molar-refractivity contribution in [3.8, 4) is 11.1 Å². The molecule has 0 radical (unpaired) electrons. The van der Waals surface area contributed by atoms with Crippen molar-refractivity contribution >= 4 is 17.0 Å². The van der Waals surface area contributed by atoms with Crippen LogP contribution < -0.4 is 10.6 Å². The maximum absolute atomic E-state index is 9.93. The second kappa shape index (κ2) is 12.3. The number of rotatable bonds is 12. The van der Waals surface area contributed by atoms with Gasteiger partial charge in [-0.05, 0) is 49.1 Å². The molecule has 1 saturated carbocycles. The number of hydrogen-bond acceptors (Lipinski definition) is 6. The third-order valence-corrected chi connectivity index (χ3v) is 6.80. The number of fused-ring (bicyclic) bond motifs is 1. The largest absolute Gasteiger partial charge is 0.393 e. The Hall–Kier alpha value is -2.74. The molecular weight excluding hydrogens is 438 g/mol. The minimum absolute atomic E-state index is 0.145. The van der Waals surface area contributed by atoms with E-state index >= 15 is 0 Å². The molecule has 0 aliphatic heterocycles. The molecule has 3 N–H and O–H groups in total. The number of benzene rings is 1. The van der Waals surface area contributed by atoms with E-state index in [1.54, 1.807) is 7.11 Å². The van der Waals surface area contributed by atoms with Crippen LogP contribution in [-0.2, 0) is 17.8 Å². The van der Waals surface area contributed by atoms with E-state index < -0.39 is 0 Å². The molecule has 7 heteroatoms. The maximum Gasteiger partial charge on any atom is 0.228 e. The average Bonchev–Trinajstić information content (AvgIpc) is 3.21. The monoisotopic (exact) mass is 477 g/mol. The summed E-state index contributed by atoms with van der Waals surface area (Å²) in [4.78, 5) is 9.52. The van der Waals surface area contributed by atoms with Crippen molar-refractivity contribution in [2.24, 2.45) is 5.92 Å². The Morgan fingerprint density at radius 1 is 1.20 bits per heavy atom. The summed E-state index contributed by atoms with van der Waals surface area (Å²) in [6.07, 6.45) is 9.79. The zero-order chi connectivity index (χ0) is 24.6. The van der Waals surface area contributed by atoms with E-state index in [0.29, 0.717) is 18.5 Å². The summed E-state index contributed by atoms with van der Waals surface area (Å²) >= 11 is 0. The number of anilines is 1. The van der Waals surface area contributed by atoms with Gasteiger partial charge in [0.05, 0.1) is 12.7 Å². The molecule has 0 unspecified atom stereocenters. The standard InChI is InChI=1S/C28H39N5O2/c1-4-5-20(2)31-28-30-17-25-26(23-10-6-21(7-11-23)16-29-14-15-35-3)19-33(27(25)32-28)18-22-8-12-24(34)13-9-22/h6-7,10-11,17,19,22,24,29,34H,2,4-5,8-9,12-16,18H2,1,3H3,(H,30,31,32). The van der Waals surface area contributed by atoms with Crippen LogP contribution in [0, 0.1) is 5.92 Å². The molecule has 2 heterocycles. The molecule has 188 valence electrons. The second-order valence-electron chi connectivity index (χ2n) is 9.65. The van der Waals surface area contributed by atoms with Crippen LogP contribution in [0.5, 0.6) is 0 Å². The van der Waals surface area contributed by atoms with Crippen molar-refractivity contribution in [3.63, 3.8) is 0 Å². The number of methoxy groups -OCH3 is 1. The third kappa shape index (κ3) is 6.69. The van der Waals surface area contributed by atoms with Crippen LogP contribution in [0.2, 0.25) is 0 Å². The van der Waals surface area contributed by atoms with Crippen LogP contribution in [0.1, 0.15) is 51.0 Å². The van der Waals surface area contributed by atoms with Crippen molar-refractivity contribution < 1.29 is 9.84 Å². The molecule has 1 fully saturated rings. The van der Waals surface area contributed by atoms with Gasteiger partial charge in [0.2, 0.25) is 5.95 Å². The summed E-state index contributed by atoms with van der Waals surface area (Å²) in [6, 6.07) is 8.70. The summed E-state index contributed by atoms with van der Waals surface area (Å²) in [5.74, 6) is 1.14. The number of ether oxygens (including phenoxy) is 1. The Labute approximate surface area is 208 Å². The van der Waals surface area contributed by atoms with Gasteiger partial charge in [-0.3, -0.25) is 0 Å². The van der Waals surface area contributed by atoms with Crippen molar-refractivity contribution in [1.29, 1.82) is 0 Å². The summed E-state index contributed by atoms with van der Waals surface area (Å²) in [5.41, 5.74) is 5.42. The minimum atomic E-state index is -0.145. The molecule has 0 saturated heterocycles. The highest BCUT2D eigenvalue weighted by atomic mass is 16.5. The predicted octanol–water partition coefficient (Wildman–Crippen LogP) is 5.11. The van der Waals surface area contributed by atoms with Gasteiger partial charge in [-0.15, -0.1) is 0 Å². The van der Waals surface area contributed by atoms with Crippen LogP contribution in [0.4, 0.5) is 5.95 Å². The molecule has 0 spiro atoms. The van der Waals surface area contributed by atoms with Crippen molar-refractivity contribution in [3.05, 3.63) is 54.5 Å². The lowest BCUT2D eigenvalue weighted by Gasteiger charge is -2.25. The third-order valence-electron chi connectivity index (χ3n) is 6.80. The van der Waals surface area contributed by atoms with E-state index in [0.717, 1.165) is 86.0 Å². The average molecular weight is 478 g/mol. The highest BCUT2D eigenvalue weighted by Crippen LogP contribution is 2.33. The van der Waals surface area contributed by atoms with Gasteiger partial charge >= 0.3 is 0 Å². The number of nitrogens with zero attached hydrogens (tertiary/aromatic N) is 3. The van der Waals surface area contributed by atoms with Gasteiger partial charge in [0.1, 0.15) is 5.65 Å². The first kappa shape index (κ1) is 25.4. The zero-order valence-electron chi connectivity index (χ0n) is 21.1. The number of hydrogen-bond donors (Lipinski definition) is 3. The van der Waals surface area contributed by atoms with Gasteiger partial charge in [-0.1, -0.05) is 44.2 Å². The van der Waals surface area contributed by atoms with Gasteiger partial charge < -0.3 is 25.0 Å². The van der Waals surface area contributed by atoms with E-state index in [1.165, 1.54) is 5.56 Å². The number of nitrogens with one attached hydrogen (secondary N) is 2. The molecule has 1 aromatic carbocycles. The van der Waals surface area contributed by atoms with Crippen LogP contribution in [-0.4, -0.2) is 46.0 Å². The highest BCUT2D eigenvalue weighted by Gasteiger charge is 2.22. The molecular formula is C28H39N5O2. The maximum atomic E-state index is 9.93. The fourth-order valence-electron chi connectivity index (χ4n) is 4.83. The lowest BCUT2D eigenvalue weighted by Crippen LogP contribution is -2.21. The van der Waals surface area contributed by atoms with Gasteiger partial charge in [0, 0.05) is 55.8 Å². The molecule has 35 heavy (non-hydrogen) atoms. The summed E-state index contributed by atoms with van der Waals surface area (Å²) < 4.78 is 7.38. The van der Waals surface area contributed by atoms with Gasteiger partial charge in [0.15, 0.2) is 0 Å². The molecule has 1 aliphatic carbocycles. The van der Waals surface area contributed by atoms with Gasteiger partial charge in [0.25, 0.3) is 0 Å². The van der Waals surface area contributed by atoms with Gasteiger partial charge in [-0.2, -0.15) is 4.98 Å². The first-order chi connectivity index (χ1) is 17.1. The molecule has 1 aliphatic rings. The number of aliphatic hydroxyl groups excluding tert-OH is 1. The predicted molar refractivity (Wildman–Crippen MR) is 142 cm³/mol. The first-order valence-electron chi connectivity index (χ1n) is 12.8. The zero-order valence-corrected chi connectivity index (χ0v) is 21.1. The molecule has 0 bridgehead atoms. The van der Waals surface area contributed by atoms with E-state index in [9.17, 15) is 5.11 Å². The molecule has 3 aromatic rings. The second-order valence-corrected chi connectivity index (χ2v) is 9.65. The van der Waals surface area contributed by atoms with E-state index in [1.807, 2.05) is 6.20 Å². The van der Waals surface area contributed by atoms with Crippen LogP contribution >= 0.6 is 0 Å². The van der Waals surface area contributed by atoms with Crippen LogP contribution in [0.15, 0.2) is 48.9 Å². The quantitative estimate of drug-likeness (QED) is 0.314. The Balaban J connectivity index is 1.60. The highest BCUT2D eigenvalue weighted by molar-refractivity contribution is 5.94. The van der Waals surface area contributed by atoms with Gasteiger partial charge in [-0.25, -0.2) is 4.98 Å². The minimum Gasteiger partial charge on any atom is -0.393 e. The summed E-state index contributed by atoms with van der Waals surface area (Å²) in [5, 5.41) is 17.7. The van der Waals surface area contributed by atoms with Crippen molar-refractivity contribution in [1.82, 2.24) is 19.9 Å². The lowest BCUT2D eigenvalue weighted by atomic mass is 9.87. The Morgan fingerprint density at radius 2 is 1.97 bits per heavy atom. The summed E-state index contributed by atoms with van der Waals surface area (Å²) in [7, 11) is 1.72. The topological polar surface area (TPSA) is 84.2 Å². The van der Waals surface area contributed by atoms with Crippen molar-refractivity contribution in [2.75, 3.05) is 25.6 Å². The molecule has 0 amide bonds. The van der Waals surface area contributed by atoms with Crippen molar-refractivity contribution in [2.45, 2.75) is 64.6 Å². The van der Waals surface area contributed by atoms with E-state index in [2.05, 4.69) is 64.1 Å².